The van der Waals surface area contributed by atoms with Crippen LogP contribution in [0.3, 0.4) is 0 Å². The normalized spacial score (nSPS) is 11.9. The molecule has 0 aliphatic rings. The summed E-state index contributed by atoms with van der Waals surface area (Å²) in [6.07, 6.45) is 5.45. The lowest BCUT2D eigenvalue weighted by molar-refractivity contribution is 0.110. The number of alkyl halides is 3. The number of unbranched alkanes of at least 4 members (excludes halogenated alkanes) is 3. The van der Waals surface area contributed by atoms with Crippen molar-refractivity contribution in [1.82, 2.24) is 0 Å². The van der Waals surface area contributed by atoms with Crippen molar-refractivity contribution in [3.63, 3.8) is 0 Å². The standard InChI is InChI=1S/C12H24Br3O4P/c13-7-1-4-10-17-20(16,18-11-5-2-8-14)19-12-6-3-9-15/h1-12H2. The third kappa shape index (κ3) is 13.2. The Morgan fingerprint density at radius 3 is 1.15 bits per heavy atom. The van der Waals surface area contributed by atoms with Gasteiger partial charge in [0.15, 0.2) is 0 Å². The summed E-state index contributed by atoms with van der Waals surface area (Å²) >= 11 is 10.1. The van der Waals surface area contributed by atoms with Gasteiger partial charge in [0.25, 0.3) is 0 Å². The molecule has 0 radical (unpaired) electrons. The zero-order valence-corrected chi connectivity index (χ0v) is 17.4. The van der Waals surface area contributed by atoms with Crippen molar-refractivity contribution in [2.24, 2.45) is 0 Å². The Hall–Kier alpha value is 1.55. The molecule has 0 rings (SSSR count). The maximum Gasteiger partial charge on any atom is 0.474 e. The van der Waals surface area contributed by atoms with E-state index in [0.29, 0.717) is 19.8 Å². The highest BCUT2D eigenvalue weighted by Gasteiger charge is 2.25. The van der Waals surface area contributed by atoms with Gasteiger partial charge in [-0.25, -0.2) is 4.57 Å². The summed E-state index contributed by atoms with van der Waals surface area (Å²) in [4.78, 5) is 0. The first kappa shape index (κ1) is 21.6. The van der Waals surface area contributed by atoms with Crippen LogP contribution in [0.25, 0.3) is 0 Å². The highest BCUT2D eigenvalue weighted by molar-refractivity contribution is 9.09. The van der Waals surface area contributed by atoms with Gasteiger partial charge in [0.1, 0.15) is 0 Å². The minimum atomic E-state index is -3.39. The molecule has 0 atom stereocenters. The lowest BCUT2D eigenvalue weighted by atomic mass is 10.4. The molecule has 0 aromatic rings. The molecule has 0 amide bonds. The fraction of sp³-hybridized carbons (Fsp3) is 1.00. The zero-order valence-electron chi connectivity index (χ0n) is 11.7. The van der Waals surface area contributed by atoms with Gasteiger partial charge < -0.3 is 0 Å². The lowest BCUT2D eigenvalue weighted by Crippen LogP contribution is -2.04. The molecule has 0 unspecified atom stereocenters. The van der Waals surface area contributed by atoms with Gasteiger partial charge >= 0.3 is 7.82 Å². The Kier molecular flexibility index (Phi) is 16.6. The fourth-order valence-electron chi connectivity index (χ4n) is 1.23. The first-order valence-electron chi connectivity index (χ1n) is 6.90. The van der Waals surface area contributed by atoms with Crippen molar-refractivity contribution in [2.75, 3.05) is 35.8 Å². The number of phosphoric ester groups is 1. The van der Waals surface area contributed by atoms with Gasteiger partial charge in [-0.3, -0.25) is 13.6 Å². The Morgan fingerprint density at radius 2 is 0.900 bits per heavy atom. The minimum Gasteiger partial charge on any atom is -0.287 e. The van der Waals surface area contributed by atoms with Gasteiger partial charge in [-0.15, -0.1) is 0 Å². The maximum atomic E-state index is 12.4. The van der Waals surface area contributed by atoms with Crippen LogP contribution in [-0.4, -0.2) is 35.8 Å². The molecule has 8 heteroatoms. The van der Waals surface area contributed by atoms with Crippen LogP contribution in [0.4, 0.5) is 0 Å². The van der Waals surface area contributed by atoms with E-state index in [1.165, 1.54) is 0 Å². The maximum absolute atomic E-state index is 12.4. The molecule has 0 aliphatic heterocycles. The van der Waals surface area contributed by atoms with Gasteiger partial charge in [-0.1, -0.05) is 47.8 Å². The molecule has 0 aliphatic carbocycles. The van der Waals surface area contributed by atoms with E-state index >= 15 is 0 Å². The van der Waals surface area contributed by atoms with Gasteiger partial charge in [-0.05, 0) is 38.5 Å². The Labute approximate surface area is 147 Å². The van der Waals surface area contributed by atoms with Gasteiger partial charge in [-0.2, -0.15) is 0 Å². The number of phosphoric acid groups is 1. The zero-order chi connectivity index (χ0) is 15.1. The third-order valence-corrected chi connectivity index (χ3v) is 5.51. The summed E-state index contributed by atoms with van der Waals surface area (Å²) in [5, 5.41) is 2.75. The van der Waals surface area contributed by atoms with Crippen molar-refractivity contribution in [3.05, 3.63) is 0 Å². The molecule has 0 bridgehead atoms. The van der Waals surface area contributed by atoms with Crippen LogP contribution in [0.5, 0.6) is 0 Å². The second-order valence-corrected chi connectivity index (χ2v) is 8.18. The Bertz CT molecular complexity index is 219. The topological polar surface area (TPSA) is 44.8 Å². The van der Waals surface area contributed by atoms with E-state index in [4.69, 9.17) is 13.6 Å². The van der Waals surface area contributed by atoms with Crippen LogP contribution in [0.1, 0.15) is 38.5 Å². The van der Waals surface area contributed by atoms with Crippen LogP contribution < -0.4 is 0 Å². The molecule has 0 spiro atoms. The average molecular weight is 503 g/mol. The predicted molar refractivity (Wildman–Crippen MR) is 94.5 cm³/mol. The van der Waals surface area contributed by atoms with E-state index in [-0.39, 0.29) is 0 Å². The molecule has 0 saturated heterocycles. The van der Waals surface area contributed by atoms with E-state index in [1.54, 1.807) is 0 Å². The van der Waals surface area contributed by atoms with Crippen LogP contribution >= 0.6 is 55.6 Å². The highest BCUT2D eigenvalue weighted by Crippen LogP contribution is 2.49. The largest absolute Gasteiger partial charge is 0.474 e. The van der Waals surface area contributed by atoms with Crippen molar-refractivity contribution < 1.29 is 18.1 Å². The molecular formula is C12H24Br3O4P. The van der Waals surface area contributed by atoms with Gasteiger partial charge in [0.2, 0.25) is 0 Å². The number of halogens is 3. The van der Waals surface area contributed by atoms with Crippen LogP contribution in [0, 0.1) is 0 Å². The second-order valence-electron chi connectivity index (χ2n) is 4.14. The molecule has 20 heavy (non-hydrogen) atoms. The number of hydrogen-bond acceptors (Lipinski definition) is 4. The number of rotatable bonds is 15. The second kappa shape index (κ2) is 15.4. The molecule has 0 aromatic heterocycles. The summed E-state index contributed by atoms with van der Waals surface area (Å²) in [7, 11) is -3.39. The first-order chi connectivity index (χ1) is 9.68. The third-order valence-electron chi connectivity index (χ3n) is 2.33. The average Bonchev–Trinajstić information content (AvgIpc) is 2.45. The van der Waals surface area contributed by atoms with Crippen molar-refractivity contribution in [3.8, 4) is 0 Å². The smallest absolute Gasteiger partial charge is 0.287 e. The quantitative estimate of drug-likeness (QED) is 0.164. The van der Waals surface area contributed by atoms with E-state index in [1.807, 2.05) is 0 Å². The van der Waals surface area contributed by atoms with E-state index in [0.717, 1.165) is 54.5 Å². The number of hydrogen-bond donors (Lipinski definition) is 0. The van der Waals surface area contributed by atoms with Crippen LogP contribution in [0.2, 0.25) is 0 Å². The minimum absolute atomic E-state index is 0.403. The molecule has 122 valence electrons. The molecule has 0 heterocycles. The Balaban J connectivity index is 4.02. The molecule has 0 aromatic carbocycles. The lowest BCUT2D eigenvalue weighted by Gasteiger charge is -2.18. The van der Waals surface area contributed by atoms with Crippen molar-refractivity contribution in [1.29, 1.82) is 0 Å². The van der Waals surface area contributed by atoms with Crippen molar-refractivity contribution >= 4 is 55.6 Å². The van der Waals surface area contributed by atoms with Gasteiger partial charge in [0, 0.05) is 16.0 Å². The summed E-state index contributed by atoms with van der Waals surface area (Å²) in [5.74, 6) is 0. The SMILES string of the molecule is O=P(OCCCCBr)(OCCCCBr)OCCCCBr. The van der Waals surface area contributed by atoms with E-state index < -0.39 is 7.82 Å². The van der Waals surface area contributed by atoms with E-state index in [9.17, 15) is 4.57 Å². The fourth-order valence-corrected chi connectivity index (χ4v) is 3.70. The first-order valence-corrected chi connectivity index (χ1v) is 11.7. The molecule has 0 fully saturated rings. The molecule has 0 N–H and O–H groups in total. The summed E-state index contributed by atoms with van der Waals surface area (Å²) in [6, 6.07) is 0. The molecule has 0 saturated carbocycles. The Morgan fingerprint density at radius 1 is 0.600 bits per heavy atom. The highest BCUT2D eigenvalue weighted by atomic mass is 79.9. The predicted octanol–water partition coefficient (Wildman–Crippen LogP) is 5.67. The molecular weight excluding hydrogens is 479 g/mol. The van der Waals surface area contributed by atoms with E-state index in [2.05, 4.69) is 47.8 Å². The van der Waals surface area contributed by atoms with Crippen LogP contribution in [-0.2, 0) is 18.1 Å². The summed E-state index contributed by atoms with van der Waals surface area (Å²) in [6.45, 7) is 1.21. The molecule has 4 nitrogen and oxygen atoms in total. The summed E-state index contributed by atoms with van der Waals surface area (Å²) in [5.41, 5.74) is 0. The van der Waals surface area contributed by atoms with Crippen LogP contribution in [0.15, 0.2) is 0 Å². The van der Waals surface area contributed by atoms with Crippen molar-refractivity contribution in [2.45, 2.75) is 38.5 Å². The van der Waals surface area contributed by atoms with Gasteiger partial charge in [0.05, 0.1) is 19.8 Å². The summed E-state index contributed by atoms with van der Waals surface area (Å²) < 4.78 is 28.5. The monoisotopic (exact) mass is 500 g/mol.